The molecule has 2 amide bonds. The molecule has 0 spiro atoms. The number of benzene rings is 2. The number of nitrogens with one attached hydrogen (secondary N) is 1. The van der Waals surface area contributed by atoms with Crippen LogP contribution in [-0.2, 0) is 20.1 Å². The van der Waals surface area contributed by atoms with E-state index in [9.17, 15) is 14.4 Å². The van der Waals surface area contributed by atoms with E-state index in [0.717, 1.165) is 21.4 Å². The number of nitrogens with zero attached hydrogens (tertiary/aromatic N) is 1. The first-order valence-corrected chi connectivity index (χ1v) is 12.9. The fourth-order valence-corrected chi connectivity index (χ4v) is 6.38. The van der Waals surface area contributed by atoms with Gasteiger partial charge in [-0.15, -0.1) is 11.3 Å². The zero-order valence-electron chi connectivity index (χ0n) is 18.4. The van der Waals surface area contributed by atoms with Crippen LogP contribution in [0.1, 0.15) is 36.5 Å². The lowest BCUT2D eigenvalue weighted by molar-refractivity contribution is -0.137. The molecular formula is C27H34N2O4S3. The Morgan fingerprint density at radius 2 is 1.83 bits per heavy atom. The second-order valence-electron chi connectivity index (χ2n) is 8.26. The second-order valence-corrected chi connectivity index (χ2v) is 10.4. The molecular weight excluding hydrogens is 513 g/mol. The standard InChI is InChI=1S/C25H24N2O4S2.2CH4.H2S/c28-19-13-31-20-10-11-27(23(19)20)25(30)18(15-32-14-16-6-2-1-3-7-16)26-24(29)22-12-17-8-4-5-9-21(17)33-22;;;/h1-9,12,18,20,23H,10-11,13-15H2,(H,26,29);2*1H4;1H2/t18-,20+,23+;;;/m0.../s1. The van der Waals surface area contributed by atoms with Crippen molar-refractivity contribution < 1.29 is 19.1 Å². The minimum Gasteiger partial charge on any atom is -0.368 e. The first kappa shape index (κ1) is 29.9. The van der Waals surface area contributed by atoms with Crippen LogP contribution in [0.5, 0.6) is 0 Å². The van der Waals surface area contributed by atoms with Crippen molar-refractivity contribution in [3.8, 4) is 0 Å². The van der Waals surface area contributed by atoms with Crippen LogP contribution in [0.15, 0.2) is 60.7 Å². The van der Waals surface area contributed by atoms with Gasteiger partial charge in [0.15, 0.2) is 5.78 Å². The molecule has 2 aliphatic rings. The molecule has 194 valence electrons. The number of hydrogen-bond acceptors (Lipinski definition) is 6. The third kappa shape index (κ3) is 6.32. The number of ketones is 1. The smallest absolute Gasteiger partial charge is 0.262 e. The van der Waals surface area contributed by atoms with Crippen molar-refractivity contribution in [2.45, 2.75) is 45.2 Å². The first-order valence-electron chi connectivity index (χ1n) is 11.0. The number of rotatable bonds is 7. The maximum atomic E-state index is 13.5. The second kappa shape index (κ2) is 13.3. The highest BCUT2D eigenvalue weighted by Crippen LogP contribution is 2.29. The molecule has 2 fully saturated rings. The normalized spacial score (nSPS) is 19.0. The van der Waals surface area contributed by atoms with Crippen LogP contribution in [0.25, 0.3) is 10.1 Å². The average molecular weight is 547 g/mol. The molecule has 2 aromatic carbocycles. The zero-order valence-corrected chi connectivity index (χ0v) is 21.1. The summed E-state index contributed by atoms with van der Waals surface area (Å²) in [6.45, 7) is 0.527. The number of fused-ring (bicyclic) bond motifs is 2. The van der Waals surface area contributed by atoms with E-state index in [0.29, 0.717) is 23.6 Å². The molecule has 0 radical (unpaired) electrons. The van der Waals surface area contributed by atoms with Gasteiger partial charge in [0.2, 0.25) is 5.91 Å². The van der Waals surface area contributed by atoms with Crippen molar-refractivity contribution in [2.75, 3.05) is 18.9 Å². The topological polar surface area (TPSA) is 75.7 Å². The van der Waals surface area contributed by atoms with Crippen molar-refractivity contribution in [1.29, 1.82) is 0 Å². The highest BCUT2D eigenvalue weighted by molar-refractivity contribution is 7.98. The van der Waals surface area contributed by atoms with Crippen LogP contribution in [-0.4, -0.2) is 59.6 Å². The number of amides is 2. The molecule has 5 rings (SSSR count). The molecule has 3 heterocycles. The van der Waals surface area contributed by atoms with Gasteiger partial charge in [0.25, 0.3) is 5.91 Å². The number of thiophene rings is 1. The van der Waals surface area contributed by atoms with E-state index in [1.54, 1.807) is 16.7 Å². The summed E-state index contributed by atoms with van der Waals surface area (Å²) < 4.78 is 6.57. The lowest BCUT2D eigenvalue weighted by Gasteiger charge is -2.27. The van der Waals surface area contributed by atoms with E-state index in [2.05, 4.69) is 5.32 Å². The summed E-state index contributed by atoms with van der Waals surface area (Å²) in [5.74, 6) is 0.624. The first-order chi connectivity index (χ1) is 16.1. The maximum Gasteiger partial charge on any atom is 0.262 e. The van der Waals surface area contributed by atoms with Crippen LogP contribution < -0.4 is 5.32 Å². The number of thioether (sulfide) groups is 1. The van der Waals surface area contributed by atoms with Crippen molar-refractivity contribution in [3.63, 3.8) is 0 Å². The van der Waals surface area contributed by atoms with Gasteiger partial charge >= 0.3 is 0 Å². The Morgan fingerprint density at radius 3 is 2.58 bits per heavy atom. The lowest BCUT2D eigenvalue weighted by Crippen LogP contribution is -2.53. The van der Waals surface area contributed by atoms with Crippen molar-refractivity contribution in [1.82, 2.24) is 10.2 Å². The fourth-order valence-electron chi connectivity index (χ4n) is 4.41. The van der Waals surface area contributed by atoms with Crippen molar-refractivity contribution in [3.05, 3.63) is 71.1 Å². The van der Waals surface area contributed by atoms with E-state index < -0.39 is 12.1 Å². The predicted molar refractivity (Wildman–Crippen MR) is 154 cm³/mol. The summed E-state index contributed by atoms with van der Waals surface area (Å²) in [7, 11) is 0. The van der Waals surface area contributed by atoms with Gasteiger partial charge in [-0.05, 0) is 29.5 Å². The molecule has 0 saturated carbocycles. The molecule has 36 heavy (non-hydrogen) atoms. The molecule has 1 N–H and O–H groups in total. The summed E-state index contributed by atoms with van der Waals surface area (Å²) >= 11 is 3.00. The number of hydrogen-bond donors (Lipinski definition) is 1. The Kier molecular flexibility index (Phi) is 11.0. The molecule has 6 nitrogen and oxygen atoms in total. The van der Waals surface area contributed by atoms with Gasteiger partial charge in [-0.3, -0.25) is 14.4 Å². The van der Waals surface area contributed by atoms with Gasteiger partial charge in [-0.1, -0.05) is 63.4 Å². The third-order valence-electron chi connectivity index (χ3n) is 6.04. The monoisotopic (exact) mass is 546 g/mol. The number of carbonyl (C=O) groups excluding carboxylic acids is 3. The van der Waals surface area contributed by atoms with Crippen molar-refractivity contribution >= 4 is 64.3 Å². The predicted octanol–water partition coefficient (Wildman–Crippen LogP) is 4.89. The molecule has 3 aromatic rings. The molecule has 0 bridgehead atoms. The molecule has 2 saturated heterocycles. The van der Waals surface area contributed by atoms with Crippen LogP contribution in [0.3, 0.4) is 0 Å². The van der Waals surface area contributed by atoms with Crippen LogP contribution >= 0.6 is 36.6 Å². The van der Waals surface area contributed by atoms with Gasteiger partial charge in [0.1, 0.15) is 18.7 Å². The van der Waals surface area contributed by atoms with Gasteiger partial charge in [0, 0.05) is 22.8 Å². The largest absolute Gasteiger partial charge is 0.368 e. The average Bonchev–Trinajstić information content (AvgIpc) is 3.55. The highest BCUT2D eigenvalue weighted by Gasteiger charge is 2.48. The summed E-state index contributed by atoms with van der Waals surface area (Å²) in [4.78, 5) is 41.1. The van der Waals surface area contributed by atoms with E-state index in [1.165, 1.54) is 11.3 Å². The highest BCUT2D eigenvalue weighted by atomic mass is 32.2. The summed E-state index contributed by atoms with van der Waals surface area (Å²) in [6, 6.07) is 18.5. The van der Waals surface area contributed by atoms with Crippen molar-refractivity contribution in [2.24, 2.45) is 0 Å². The van der Waals surface area contributed by atoms with Crippen LogP contribution in [0, 0.1) is 0 Å². The number of ether oxygens (including phenoxy) is 1. The minimum absolute atomic E-state index is 0. The molecule has 0 aliphatic carbocycles. The number of Topliss-reactive ketones (excluding diaryl/α,β-unsaturated/α-hetero) is 1. The SMILES string of the molecule is C.C.O=C(N[C@@H](CSCc1ccccc1)C(=O)N1CC[C@H]2OCC(=O)[C@H]21)c1cc2ccccc2s1.S. The Bertz CT molecular complexity index is 1150. The maximum absolute atomic E-state index is 13.5. The summed E-state index contributed by atoms with van der Waals surface area (Å²) in [5.41, 5.74) is 1.16. The Hall–Kier alpha value is -2.33. The van der Waals surface area contributed by atoms with E-state index in [-0.39, 0.29) is 58.7 Å². The Morgan fingerprint density at radius 1 is 1.11 bits per heavy atom. The zero-order chi connectivity index (χ0) is 22.8. The molecule has 3 atom stereocenters. The van der Waals surface area contributed by atoms with Gasteiger partial charge in [-0.25, -0.2) is 0 Å². The quantitative estimate of drug-likeness (QED) is 0.457. The summed E-state index contributed by atoms with van der Waals surface area (Å²) in [5, 5.41) is 3.96. The number of carbonyl (C=O) groups is 3. The molecule has 1 aromatic heterocycles. The third-order valence-corrected chi connectivity index (χ3v) is 8.27. The van der Waals surface area contributed by atoms with E-state index in [1.807, 2.05) is 60.7 Å². The van der Waals surface area contributed by atoms with E-state index in [4.69, 9.17) is 4.74 Å². The summed E-state index contributed by atoms with van der Waals surface area (Å²) in [6.07, 6.45) is 0.424. The minimum atomic E-state index is -0.719. The van der Waals surface area contributed by atoms with Gasteiger partial charge in [-0.2, -0.15) is 25.3 Å². The fraction of sp³-hybridized carbons (Fsp3) is 0.370. The Labute approximate surface area is 228 Å². The molecule has 9 heteroatoms. The molecule has 0 unspecified atom stereocenters. The van der Waals surface area contributed by atoms with Crippen LogP contribution in [0.4, 0.5) is 0 Å². The molecule has 2 aliphatic heterocycles. The van der Waals surface area contributed by atoms with Crippen LogP contribution in [0.2, 0.25) is 0 Å². The Balaban J connectivity index is 0.00000152. The number of likely N-dealkylation sites (tertiary alicyclic amines) is 1. The lowest BCUT2D eigenvalue weighted by atomic mass is 10.1. The van der Waals surface area contributed by atoms with Gasteiger partial charge in [0.05, 0.1) is 11.0 Å². The van der Waals surface area contributed by atoms with Gasteiger partial charge < -0.3 is 15.0 Å². The van der Waals surface area contributed by atoms with E-state index >= 15 is 0 Å².